The largest absolute Gasteiger partial charge is 0.481 e. The summed E-state index contributed by atoms with van der Waals surface area (Å²) in [5.74, 6) is -1.52. The highest BCUT2D eigenvalue weighted by Crippen LogP contribution is 2.43. The maximum Gasteiger partial charge on any atom is 0.307 e. The molecule has 25 heavy (non-hydrogen) atoms. The molecule has 0 radical (unpaired) electrons. The molecular formula is C20H17FO3S. The van der Waals surface area contributed by atoms with E-state index in [4.69, 9.17) is 0 Å². The van der Waals surface area contributed by atoms with Gasteiger partial charge in [-0.1, -0.05) is 29.9 Å². The Labute approximate surface area is 149 Å². The number of hydrogen-bond donors (Lipinski definition) is 1. The predicted octanol–water partition coefficient (Wildman–Crippen LogP) is 3.99. The normalized spacial score (nSPS) is 20.8. The van der Waals surface area contributed by atoms with Gasteiger partial charge in [0, 0.05) is 5.92 Å². The lowest BCUT2D eigenvalue weighted by atomic mass is 9.92. The summed E-state index contributed by atoms with van der Waals surface area (Å²) in [6.45, 7) is 3.78. The summed E-state index contributed by atoms with van der Waals surface area (Å²) < 4.78 is 25.1. The van der Waals surface area contributed by atoms with E-state index in [1.165, 1.54) is 12.1 Å². The van der Waals surface area contributed by atoms with Crippen molar-refractivity contribution in [1.82, 2.24) is 0 Å². The van der Waals surface area contributed by atoms with Gasteiger partial charge in [-0.15, -0.1) is 0 Å². The van der Waals surface area contributed by atoms with Crippen molar-refractivity contribution in [2.45, 2.75) is 20.3 Å². The molecule has 0 bridgehead atoms. The van der Waals surface area contributed by atoms with Crippen molar-refractivity contribution in [3.05, 3.63) is 70.6 Å². The fourth-order valence-electron chi connectivity index (χ4n) is 3.28. The van der Waals surface area contributed by atoms with Crippen molar-refractivity contribution in [1.29, 1.82) is 0 Å². The number of rotatable bonds is 3. The highest BCUT2D eigenvalue weighted by atomic mass is 32.1. The van der Waals surface area contributed by atoms with Gasteiger partial charge in [0.2, 0.25) is 0 Å². The minimum Gasteiger partial charge on any atom is -0.481 e. The van der Waals surface area contributed by atoms with Crippen LogP contribution in [0.4, 0.5) is 4.39 Å². The monoisotopic (exact) mass is 356 g/mol. The molecular weight excluding hydrogens is 339 g/mol. The van der Waals surface area contributed by atoms with Gasteiger partial charge in [-0.25, -0.2) is 8.60 Å². The molecule has 0 spiro atoms. The lowest BCUT2D eigenvalue weighted by Crippen LogP contribution is -2.11. The fourth-order valence-corrected chi connectivity index (χ4v) is 3.77. The van der Waals surface area contributed by atoms with Crippen LogP contribution < -0.4 is 0 Å². The van der Waals surface area contributed by atoms with E-state index in [0.29, 0.717) is 27.3 Å². The number of carboxylic acids is 1. The molecule has 1 atom stereocenters. The van der Waals surface area contributed by atoms with E-state index >= 15 is 0 Å². The second kappa shape index (κ2) is 6.76. The van der Waals surface area contributed by atoms with Crippen molar-refractivity contribution in [2.75, 3.05) is 0 Å². The number of halogens is 1. The topological polar surface area (TPSA) is 54.4 Å². The predicted molar refractivity (Wildman–Crippen MR) is 98.8 cm³/mol. The Hall–Kier alpha value is -2.53. The zero-order chi connectivity index (χ0) is 18.1. The van der Waals surface area contributed by atoms with E-state index in [-0.39, 0.29) is 12.3 Å². The van der Waals surface area contributed by atoms with Gasteiger partial charge in [0.05, 0.1) is 22.5 Å². The number of fused-ring (bicyclic) bond motifs is 1. The molecule has 3 nitrogen and oxygen atoms in total. The van der Waals surface area contributed by atoms with Crippen LogP contribution in [0.5, 0.6) is 0 Å². The molecule has 0 heterocycles. The molecule has 5 heteroatoms. The maximum absolute atomic E-state index is 13.7. The molecule has 1 unspecified atom stereocenters. The second-order valence-electron chi connectivity index (χ2n) is 6.20. The van der Waals surface area contributed by atoms with Gasteiger partial charge < -0.3 is 5.11 Å². The summed E-state index contributed by atoms with van der Waals surface area (Å²) in [5.41, 5.74) is 4.74. The van der Waals surface area contributed by atoms with Crippen molar-refractivity contribution in [3.63, 3.8) is 0 Å². The SMILES string of the molecule is CC1=CC(=S=O)C(C=C2C(C)=C(CC(=O)O)c3cc(F)ccc32)C=C1. The van der Waals surface area contributed by atoms with Gasteiger partial charge in [0.25, 0.3) is 0 Å². The molecule has 128 valence electrons. The van der Waals surface area contributed by atoms with Gasteiger partial charge in [0.1, 0.15) is 5.82 Å². The first-order valence-corrected chi connectivity index (χ1v) is 8.62. The Morgan fingerprint density at radius 3 is 2.76 bits per heavy atom. The maximum atomic E-state index is 13.7. The second-order valence-corrected chi connectivity index (χ2v) is 6.84. The van der Waals surface area contributed by atoms with Crippen molar-refractivity contribution >= 4 is 33.2 Å². The Balaban J connectivity index is 2.13. The van der Waals surface area contributed by atoms with E-state index in [0.717, 1.165) is 22.3 Å². The first-order chi connectivity index (χ1) is 11.9. The smallest absolute Gasteiger partial charge is 0.307 e. The molecule has 1 aromatic rings. The third-order valence-electron chi connectivity index (χ3n) is 4.49. The lowest BCUT2D eigenvalue weighted by Gasteiger charge is -2.14. The first-order valence-electron chi connectivity index (χ1n) is 7.88. The van der Waals surface area contributed by atoms with E-state index in [1.54, 1.807) is 6.07 Å². The van der Waals surface area contributed by atoms with Crippen molar-refractivity contribution in [3.8, 4) is 0 Å². The molecule has 0 saturated heterocycles. The Morgan fingerprint density at radius 1 is 1.32 bits per heavy atom. The molecule has 1 N–H and O–H groups in total. The molecule has 0 aliphatic heterocycles. The summed E-state index contributed by atoms with van der Waals surface area (Å²) in [6.07, 6.45) is 7.57. The minimum atomic E-state index is -0.954. The van der Waals surface area contributed by atoms with Crippen LogP contribution in [0.2, 0.25) is 0 Å². The van der Waals surface area contributed by atoms with E-state index in [2.05, 4.69) is 0 Å². The number of carboxylic acid groups (broad SMARTS) is 1. The van der Waals surface area contributed by atoms with Crippen LogP contribution >= 0.6 is 0 Å². The number of carbonyl (C=O) groups is 1. The third-order valence-corrected chi connectivity index (χ3v) is 5.07. The number of allylic oxidation sites excluding steroid dienone is 7. The van der Waals surface area contributed by atoms with Gasteiger partial charge in [-0.2, -0.15) is 0 Å². The van der Waals surface area contributed by atoms with Crippen LogP contribution in [0.1, 0.15) is 31.4 Å². The number of aliphatic carboxylic acids is 1. The zero-order valence-electron chi connectivity index (χ0n) is 13.9. The van der Waals surface area contributed by atoms with Crippen molar-refractivity contribution in [2.24, 2.45) is 5.92 Å². The quantitative estimate of drug-likeness (QED) is 0.833. The summed E-state index contributed by atoms with van der Waals surface area (Å²) in [7, 11) is 0. The van der Waals surface area contributed by atoms with Gasteiger partial charge in [0.15, 0.2) is 0 Å². The van der Waals surface area contributed by atoms with E-state index < -0.39 is 11.8 Å². The van der Waals surface area contributed by atoms with E-state index in [9.17, 15) is 18.5 Å². The Kier molecular flexibility index (Phi) is 4.68. The average Bonchev–Trinajstić information content (AvgIpc) is 2.81. The van der Waals surface area contributed by atoms with Gasteiger partial charge >= 0.3 is 5.97 Å². The van der Waals surface area contributed by atoms with Gasteiger partial charge in [-0.05, 0) is 59.9 Å². The van der Waals surface area contributed by atoms with Crippen LogP contribution in [-0.2, 0) is 16.1 Å². The fraction of sp³-hybridized carbons (Fsp3) is 0.200. The van der Waals surface area contributed by atoms with Crippen LogP contribution in [0.3, 0.4) is 0 Å². The highest BCUT2D eigenvalue weighted by molar-refractivity contribution is 7.67. The molecule has 2 aliphatic carbocycles. The summed E-state index contributed by atoms with van der Waals surface area (Å²) in [4.78, 5) is 11.9. The standard InChI is InChI=1S/C20H17FO3S/c1-11-3-4-13(19(7-11)25-24)8-16-12(2)17(10-20(22)23)18-9-14(21)5-6-15(16)18/h3-9,13H,10H2,1-2H3,(H,22,23). The Bertz CT molecular complexity index is 944. The highest BCUT2D eigenvalue weighted by Gasteiger charge is 2.27. The summed E-state index contributed by atoms with van der Waals surface area (Å²) in [6, 6.07) is 4.43. The summed E-state index contributed by atoms with van der Waals surface area (Å²) in [5, 5.41) is 9.19. The van der Waals surface area contributed by atoms with Gasteiger partial charge in [-0.3, -0.25) is 4.79 Å². The average molecular weight is 356 g/mol. The molecule has 2 aliphatic rings. The molecule has 1 aromatic carbocycles. The number of hydrogen-bond acceptors (Lipinski definition) is 2. The van der Waals surface area contributed by atoms with Crippen LogP contribution in [0, 0.1) is 11.7 Å². The van der Waals surface area contributed by atoms with Crippen molar-refractivity contribution < 1.29 is 18.5 Å². The van der Waals surface area contributed by atoms with E-state index in [1.807, 2.05) is 38.2 Å². The third kappa shape index (κ3) is 3.33. The Morgan fingerprint density at radius 2 is 2.08 bits per heavy atom. The molecule has 0 aromatic heterocycles. The molecule has 0 fully saturated rings. The van der Waals surface area contributed by atoms with Crippen LogP contribution in [0.15, 0.2) is 53.6 Å². The first kappa shape index (κ1) is 17.3. The molecule has 0 amide bonds. The minimum absolute atomic E-state index is 0.161. The van der Waals surface area contributed by atoms with Crippen LogP contribution in [0.25, 0.3) is 11.1 Å². The zero-order valence-corrected chi connectivity index (χ0v) is 14.7. The van der Waals surface area contributed by atoms with Crippen LogP contribution in [-0.4, -0.2) is 20.1 Å². The molecule has 0 saturated carbocycles. The molecule has 3 rings (SSSR count). The number of benzene rings is 1. The summed E-state index contributed by atoms with van der Waals surface area (Å²) >= 11 is 0.462. The lowest BCUT2D eigenvalue weighted by molar-refractivity contribution is -0.135.